The molecule has 0 amide bonds. The molecule has 0 bridgehead atoms. The molecule has 100 valence electrons. The van der Waals surface area contributed by atoms with Crippen LogP contribution in [-0.4, -0.2) is 17.1 Å². The van der Waals surface area contributed by atoms with Crippen LogP contribution in [-0.2, 0) is 0 Å². The van der Waals surface area contributed by atoms with Crippen LogP contribution in [0.4, 0.5) is 5.69 Å². The number of benzene rings is 1. The molecule has 1 aliphatic carbocycles. The van der Waals surface area contributed by atoms with Crippen LogP contribution in [0.1, 0.15) is 25.7 Å². The van der Waals surface area contributed by atoms with E-state index in [2.05, 4.69) is 10.3 Å². The topological polar surface area (TPSA) is 70.9 Å². The molecule has 1 saturated carbocycles. The number of fused-ring (bicyclic) bond motifs is 1. The van der Waals surface area contributed by atoms with E-state index in [1.165, 1.54) is 12.8 Å². The van der Waals surface area contributed by atoms with Crippen molar-refractivity contribution in [2.75, 3.05) is 5.32 Å². The van der Waals surface area contributed by atoms with Crippen LogP contribution in [0.5, 0.6) is 0 Å². The summed E-state index contributed by atoms with van der Waals surface area (Å²) < 4.78 is 0. The fourth-order valence-electron chi connectivity index (χ4n) is 2.88. The molecular weight excluding hydrogens is 238 g/mol. The van der Waals surface area contributed by atoms with Crippen LogP contribution in [0.15, 0.2) is 35.3 Å². The number of H-pyrrole nitrogens is 1. The van der Waals surface area contributed by atoms with Crippen LogP contribution in [0, 0.1) is 0 Å². The number of aromatic nitrogens is 1. The highest BCUT2D eigenvalue weighted by Crippen LogP contribution is 2.23. The van der Waals surface area contributed by atoms with Gasteiger partial charge in [-0.25, -0.2) is 0 Å². The average molecular weight is 257 g/mol. The molecule has 2 atom stereocenters. The lowest BCUT2D eigenvalue weighted by atomic mass is 9.91. The van der Waals surface area contributed by atoms with Crippen molar-refractivity contribution in [3.8, 4) is 0 Å². The number of anilines is 1. The number of rotatable bonds is 2. The molecular formula is C15H19N3O. The number of aromatic amines is 1. The van der Waals surface area contributed by atoms with Crippen LogP contribution in [0.2, 0.25) is 0 Å². The van der Waals surface area contributed by atoms with Crippen molar-refractivity contribution in [2.45, 2.75) is 37.8 Å². The molecule has 2 unspecified atom stereocenters. The molecule has 1 aromatic heterocycles. The van der Waals surface area contributed by atoms with E-state index in [1.807, 2.05) is 24.3 Å². The van der Waals surface area contributed by atoms with Gasteiger partial charge in [0.2, 0.25) is 0 Å². The van der Waals surface area contributed by atoms with Gasteiger partial charge >= 0.3 is 0 Å². The summed E-state index contributed by atoms with van der Waals surface area (Å²) in [5.74, 6) is 0. The lowest BCUT2D eigenvalue weighted by Gasteiger charge is -2.28. The van der Waals surface area contributed by atoms with Crippen LogP contribution >= 0.6 is 0 Å². The van der Waals surface area contributed by atoms with Gasteiger partial charge in [0.15, 0.2) is 0 Å². The Kier molecular flexibility index (Phi) is 3.25. The molecule has 3 rings (SSSR count). The molecule has 1 heterocycles. The van der Waals surface area contributed by atoms with Crippen molar-refractivity contribution in [3.63, 3.8) is 0 Å². The largest absolute Gasteiger partial charge is 0.382 e. The van der Waals surface area contributed by atoms with E-state index in [0.717, 1.165) is 29.3 Å². The van der Waals surface area contributed by atoms with Crippen LogP contribution in [0.25, 0.3) is 10.8 Å². The predicted molar refractivity (Wildman–Crippen MR) is 78.4 cm³/mol. The van der Waals surface area contributed by atoms with Gasteiger partial charge in [-0.05, 0) is 55.3 Å². The molecule has 4 N–H and O–H groups in total. The van der Waals surface area contributed by atoms with Gasteiger partial charge in [-0.15, -0.1) is 0 Å². The second-order valence-corrected chi connectivity index (χ2v) is 5.38. The normalized spacial score (nSPS) is 23.4. The van der Waals surface area contributed by atoms with E-state index >= 15 is 0 Å². The summed E-state index contributed by atoms with van der Waals surface area (Å²) >= 11 is 0. The smallest absolute Gasteiger partial charge is 0.255 e. The first-order chi connectivity index (χ1) is 9.22. The Bertz CT molecular complexity index is 635. The summed E-state index contributed by atoms with van der Waals surface area (Å²) in [6, 6.07) is 8.56. The minimum Gasteiger partial charge on any atom is -0.382 e. The highest BCUT2D eigenvalue weighted by atomic mass is 16.1. The Balaban J connectivity index is 1.83. The van der Waals surface area contributed by atoms with Crippen molar-refractivity contribution in [1.82, 2.24) is 4.98 Å². The minimum absolute atomic E-state index is 0.0382. The quantitative estimate of drug-likeness (QED) is 0.772. The summed E-state index contributed by atoms with van der Waals surface area (Å²) in [6.45, 7) is 0. The molecule has 1 fully saturated rings. The molecule has 1 aromatic carbocycles. The molecule has 1 aliphatic rings. The van der Waals surface area contributed by atoms with E-state index in [0.29, 0.717) is 12.1 Å². The maximum Gasteiger partial charge on any atom is 0.255 e. The van der Waals surface area contributed by atoms with E-state index in [1.54, 1.807) is 6.20 Å². The first-order valence-corrected chi connectivity index (χ1v) is 6.86. The zero-order chi connectivity index (χ0) is 13.2. The van der Waals surface area contributed by atoms with Crippen molar-refractivity contribution >= 4 is 16.5 Å². The summed E-state index contributed by atoms with van der Waals surface area (Å²) in [6.07, 6.45) is 6.19. The fourth-order valence-corrected chi connectivity index (χ4v) is 2.88. The highest BCUT2D eigenvalue weighted by Gasteiger charge is 2.18. The Morgan fingerprint density at radius 3 is 3.00 bits per heavy atom. The third kappa shape index (κ3) is 2.63. The van der Waals surface area contributed by atoms with Crippen molar-refractivity contribution < 1.29 is 0 Å². The van der Waals surface area contributed by atoms with Crippen LogP contribution < -0.4 is 16.6 Å². The van der Waals surface area contributed by atoms with Crippen molar-refractivity contribution in [1.29, 1.82) is 0 Å². The third-order valence-electron chi connectivity index (χ3n) is 3.86. The first-order valence-electron chi connectivity index (χ1n) is 6.86. The minimum atomic E-state index is -0.0382. The molecule has 0 saturated heterocycles. The summed E-state index contributed by atoms with van der Waals surface area (Å²) in [5, 5.41) is 5.23. The predicted octanol–water partition coefficient (Wildman–Crippen LogP) is 2.21. The molecule has 4 nitrogen and oxygen atoms in total. The zero-order valence-electron chi connectivity index (χ0n) is 10.9. The van der Waals surface area contributed by atoms with E-state index in [-0.39, 0.29) is 5.56 Å². The third-order valence-corrected chi connectivity index (χ3v) is 3.86. The van der Waals surface area contributed by atoms with Gasteiger partial charge in [0.1, 0.15) is 0 Å². The Morgan fingerprint density at radius 1 is 1.26 bits per heavy atom. The lowest BCUT2D eigenvalue weighted by molar-refractivity contribution is 0.409. The van der Waals surface area contributed by atoms with Gasteiger partial charge < -0.3 is 16.0 Å². The molecule has 0 radical (unpaired) electrons. The maximum atomic E-state index is 11.6. The Hall–Kier alpha value is -1.81. The van der Waals surface area contributed by atoms with E-state index in [9.17, 15) is 4.79 Å². The molecule has 19 heavy (non-hydrogen) atoms. The van der Waals surface area contributed by atoms with Gasteiger partial charge in [0.25, 0.3) is 5.56 Å². The zero-order valence-corrected chi connectivity index (χ0v) is 10.9. The van der Waals surface area contributed by atoms with Crippen molar-refractivity contribution in [3.05, 3.63) is 40.8 Å². The number of pyridine rings is 1. The molecule has 2 aromatic rings. The van der Waals surface area contributed by atoms with Gasteiger partial charge in [-0.3, -0.25) is 4.79 Å². The monoisotopic (exact) mass is 257 g/mol. The average Bonchev–Trinajstić information content (AvgIpc) is 2.39. The Morgan fingerprint density at radius 2 is 2.16 bits per heavy atom. The maximum absolute atomic E-state index is 11.6. The summed E-state index contributed by atoms with van der Waals surface area (Å²) in [4.78, 5) is 14.3. The van der Waals surface area contributed by atoms with Gasteiger partial charge in [-0.1, -0.05) is 0 Å². The number of nitrogens with two attached hydrogens (primary N) is 1. The highest BCUT2D eigenvalue weighted by molar-refractivity contribution is 5.84. The number of hydrogen-bond donors (Lipinski definition) is 3. The summed E-state index contributed by atoms with van der Waals surface area (Å²) in [5.41, 5.74) is 7.03. The second-order valence-electron chi connectivity index (χ2n) is 5.38. The fraction of sp³-hybridized carbons (Fsp3) is 0.400. The van der Waals surface area contributed by atoms with E-state index in [4.69, 9.17) is 5.73 Å². The number of nitrogens with one attached hydrogen (secondary N) is 2. The van der Waals surface area contributed by atoms with Gasteiger partial charge in [0.05, 0.1) is 0 Å². The molecule has 0 aliphatic heterocycles. The molecule has 0 spiro atoms. The first kappa shape index (κ1) is 12.2. The van der Waals surface area contributed by atoms with E-state index < -0.39 is 0 Å². The molecule has 4 heteroatoms. The van der Waals surface area contributed by atoms with Gasteiger partial charge in [0, 0.05) is 29.4 Å². The van der Waals surface area contributed by atoms with Crippen LogP contribution in [0.3, 0.4) is 0 Å². The van der Waals surface area contributed by atoms with Gasteiger partial charge in [-0.2, -0.15) is 0 Å². The standard InChI is InChI=1S/C15H19N3O/c16-11-2-1-3-12(9-11)18-13-4-5-14-10(8-13)6-7-17-15(14)19/h4-8,11-12,18H,1-3,9,16H2,(H,17,19). The Labute approximate surface area is 112 Å². The van der Waals surface area contributed by atoms with Crippen molar-refractivity contribution in [2.24, 2.45) is 5.73 Å². The lowest BCUT2D eigenvalue weighted by Crippen LogP contribution is -2.34. The number of hydrogen-bond acceptors (Lipinski definition) is 3. The second kappa shape index (κ2) is 5.05. The summed E-state index contributed by atoms with van der Waals surface area (Å²) in [7, 11) is 0. The SMILES string of the molecule is NC1CCCC(Nc2ccc3c(=O)[nH]ccc3c2)C1.